The van der Waals surface area contributed by atoms with Crippen LogP contribution < -0.4 is 0 Å². The minimum absolute atomic E-state index is 0.0288. The Balaban J connectivity index is 1.63. The van der Waals surface area contributed by atoms with E-state index in [0.717, 1.165) is 0 Å². The molecule has 0 spiro atoms. The summed E-state index contributed by atoms with van der Waals surface area (Å²) >= 11 is 0. The normalized spacial score (nSPS) is 18.4. The maximum atomic E-state index is 9.53. The summed E-state index contributed by atoms with van der Waals surface area (Å²) in [5.41, 5.74) is -3.27. The van der Waals surface area contributed by atoms with Crippen molar-refractivity contribution in [2.75, 3.05) is 0 Å². The first-order valence-corrected chi connectivity index (χ1v) is 13.6. The van der Waals surface area contributed by atoms with Gasteiger partial charge in [0.1, 0.15) is 11.2 Å². The summed E-state index contributed by atoms with van der Waals surface area (Å²) < 4.78 is 202. The Morgan fingerprint density at radius 1 is 0.378 bits per heavy atom. The number of hydrogen-bond donors (Lipinski definition) is 0. The van der Waals surface area contributed by atoms with Gasteiger partial charge in [-0.25, -0.2) is 0 Å². The average molecular weight is 595 g/mol. The van der Waals surface area contributed by atoms with Gasteiger partial charge in [-0.1, -0.05) is 151 Å². The topological polar surface area (TPSA) is 13.1 Å². The Labute approximate surface area is 292 Å². The Morgan fingerprint density at radius 3 is 1.53 bits per heavy atom. The van der Waals surface area contributed by atoms with E-state index in [1.807, 2.05) is 0 Å². The Morgan fingerprint density at radius 2 is 0.889 bits per heavy atom. The summed E-state index contributed by atoms with van der Waals surface area (Å²) in [6.07, 6.45) is 0. The quantitative estimate of drug-likeness (QED) is 0.185. The molecule has 45 heavy (non-hydrogen) atoms. The molecule has 8 aromatic carbocycles. The van der Waals surface area contributed by atoms with Gasteiger partial charge in [0.05, 0.1) is 30.2 Å². The highest BCUT2D eigenvalue weighted by atomic mass is 16.3. The van der Waals surface area contributed by atoms with Crippen molar-refractivity contribution in [3.05, 3.63) is 169 Å². The maximum Gasteiger partial charge on any atom is 0.143 e. The van der Waals surface area contributed by atoms with Crippen molar-refractivity contribution < 1.29 is 34.6 Å². The van der Waals surface area contributed by atoms with E-state index in [9.17, 15) is 8.22 Å². The third kappa shape index (κ3) is 4.09. The van der Waals surface area contributed by atoms with Crippen molar-refractivity contribution in [2.24, 2.45) is 0 Å². The summed E-state index contributed by atoms with van der Waals surface area (Å²) in [6.45, 7) is 0. The van der Waals surface area contributed by atoms with Gasteiger partial charge in [0, 0.05) is 16.3 Å². The summed E-state index contributed by atoms with van der Waals surface area (Å²) in [5.74, 6) is 0. The standard InChI is InChI=1S/C44H28O/c1-3-15-29(16-4-1)32-19-7-8-21-34(32)43-37-24-11-9-22-35(37)42(36-23-10-12-25-38(36)43)31-27-39(30-17-5-2-6-18-30)44-40(28-31)33-20-13-14-26-41(33)45-44/h1-28H/i1D,2D,3D,4D,5D,6D,7D,8D,9D,10D,11D,12D,15D,16D,17D,18D,19D,21D,22D,23D,24D,25D. The molecule has 1 heterocycles. The molecule has 0 aliphatic carbocycles. The molecule has 0 amide bonds. The van der Waals surface area contributed by atoms with E-state index in [1.165, 1.54) is 12.1 Å². The van der Waals surface area contributed by atoms with Crippen molar-refractivity contribution in [3.8, 4) is 44.5 Å². The summed E-state index contributed by atoms with van der Waals surface area (Å²) in [5, 5.41) is -1.35. The molecular weight excluding hydrogens is 544 g/mol. The zero-order chi connectivity index (χ0) is 48.9. The molecule has 0 radical (unpaired) electrons. The van der Waals surface area contributed by atoms with E-state index in [2.05, 4.69) is 0 Å². The molecule has 1 heteroatoms. The molecule has 210 valence electrons. The van der Waals surface area contributed by atoms with Gasteiger partial charge in [-0.2, -0.15) is 0 Å². The lowest BCUT2D eigenvalue weighted by molar-refractivity contribution is 0.670. The highest BCUT2D eigenvalue weighted by molar-refractivity contribution is 6.23. The third-order valence-electron chi connectivity index (χ3n) is 7.60. The van der Waals surface area contributed by atoms with Crippen LogP contribution in [0.4, 0.5) is 0 Å². The predicted octanol–water partition coefficient (Wildman–Crippen LogP) is 12.6. The Hall–Kier alpha value is -5.92. The lowest BCUT2D eigenvalue weighted by atomic mass is 9.83. The summed E-state index contributed by atoms with van der Waals surface area (Å²) in [6, 6.07) is -8.92. The van der Waals surface area contributed by atoms with E-state index in [4.69, 9.17) is 26.3 Å². The first-order chi connectivity index (χ1) is 31.5. The first kappa shape index (κ1) is 11.9. The van der Waals surface area contributed by atoms with Crippen molar-refractivity contribution >= 4 is 43.5 Å². The molecule has 0 unspecified atom stereocenters. The van der Waals surface area contributed by atoms with Crippen LogP contribution in [0, 0.1) is 0 Å². The van der Waals surface area contributed by atoms with Crippen LogP contribution in [0.5, 0.6) is 0 Å². The fourth-order valence-electron chi connectivity index (χ4n) is 5.77. The number of rotatable bonds is 4. The molecule has 9 rings (SSSR count). The van der Waals surface area contributed by atoms with Crippen LogP contribution >= 0.6 is 0 Å². The molecule has 9 aromatic rings. The van der Waals surface area contributed by atoms with Crippen molar-refractivity contribution in [2.45, 2.75) is 0 Å². The van der Waals surface area contributed by atoms with Crippen LogP contribution in [0.2, 0.25) is 0 Å². The second-order valence-corrected chi connectivity index (χ2v) is 10.00. The molecule has 0 saturated carbocycles. The molecule has 0 saturated heterocycles. The number of furan rings is 1. The van der Waals surface area contributed by atoms with Crippen LogP contribution in [0.25, 0.3) is 88.0 Å². The third-order valence-corrected chi connectivity index (χ3v) is 7.60. The average Bonchev–Trinajstić information content (AvgIpc) is 3.70. The maximum absolute atomic E-state index is 9.53. The summed E-state index contributed by atoms with van der Waals surface area (Å²) in [7, 11) is 0. The summed E-state index contributed by atoms with van der Waals surface area (Å²) in [4.78, 5) is 0. The molecule has 0 aliphatic heterocycles. The zero-order valence-corrected chi connectivity index (χ0v) is 22.9. The molecule has 0 aliphatic rings. The molecule has 1 aromatic heterocycles. The van der Waals surface area contributed by atoms with E-state index >= 15 is 0 Å². The second-order valence-electron chi connectivity index (χ2n) is 10.00. The highest BCUT2D eigenvalue weighted by Crippen LogP contribution is 2.48. The van der Waals surface area contributed by atoms with Gasteiger partial charge < -0.3 is 4.42 Å². The first-order valence-electron chi connectivity index (χ1n) is 24.6. The molecule has 1 nitrogen and oxygen atoms in total. The fraction of sp³-hybridized carbons (Fsp3) is 0. The van der Waals surface area contributed by atoms with Crippen LogP contribution in [0.15, 0.2) is 174 Å². The molecule has 0 atom stereocenters. The molecule has 0 bridgehead atoms. The number of fused-ring (bicyclic) bond motifs is 5. The SMILES string of the molecule is [2H]c1c([2H])c([2H])c(-c2c([2H])c([2H])c([2H])c([2H])c2-c2c3c([2H])c([2H])c([2H])c([2H])c3c(-c3cc(-c4c([2H])c([2H])c([2H])c([2H])c4[2H])c4oc5ccccc5c4c3)c3c([2H])c([2H])c([2H])c([2H])c23)c([2H])c1[2H]. The van der Waals surface area contributed by atoms with Gasteiger partial charge >= 0.3 is 0 Å². The predicted molar refractivity (Wildman–Crippen MR) is 190 cm³/mol. The van der Waals surface area contributed by atoms with E-state index < -0.39 is 177 Å². The van der Waals surface area contributed by atoms with Crippen molar-refractivity contribution in [1.82, 2.24) is 0 Å². The van der Waals surface area contributed by atoms with Crippen LogP contribution in [0.3, 0.4) is 0 Å². The van der Waals surface area contributed by atoms with Crippen molar-refractivity contribution in [1.29, 1.82) is 0 Å². The highest BCUT2D eigenvalue weighted by Gasteiger charge is 2.21. The van der Waals surface area contributed by atoms with Gasteiger partial charge in [-0.3, -0.25) is 0 Å². The lowest BCUT2D eigenvalue weighted by Gasteiger charge is -2.20. The van der Waals surface area contributed by atoms with E-state index in [0.29, 0.717) is 5.39 Å². The number of para-hydroxylation sites is 1. The van der Waals surface area contributed by atoms with Crippen LogP contribution in [-0.4, -0.2) is 0 Å². The second kappa shape index (κ2) is 10.4. The van der Waals surface area contributed by atoms with Crippen LogP contribution in [-0.2, 0) is 0 Å². The fourth-order valence-corrected chi connectivity index (χ4v) is 5.77. The monoisotopic (exact) mass is 594 g/mol. The Kier molecular flexibility index (Phi) is 2.73. The van der Waals surface area contributed by atoms with Crippen LogP contribution in [0.1, 0.15) is 30.2 Å². The van der Waals surface area contributed by atoms with Gasteiger partial charge in [0.25, 0.3) is 0 Å². The molecular formula is C44H28O. The van der Waals surface area contributed by atoms with Gasteiger partial charge in [0.2, 0.25) is 0 Å². The molecule has 0 fully saturated rings. The van der Waals surface area contributed by atoms with Gasteiger partial charge in [-0.05, 0) is 78.7 Å². The van der Waals surface area contributed by atoms with E-state index in [1.54, 1.807) is 24.3 Å². The largest absolute Gasteiger partial charge is 0.455 e. The smallest absolute Gasteiger partial charge is 0.143 e. The van der Waals surface area contributed by atoms with E-state index in [-0.39, 0.29) is 38.8 Å². The Bertz CT molecular complexity index is 3640. The van der Waals surface area contributed by atoms with Gasteiger partial charge in [0.15, 0.2) is 0 Å². The molecule has 0 N–H and O–H groups in total. The minimum Gasteiger partial charge on any atom is -0.455 e. The van der Waals surface area contributed by atoms with Crippen molar-refractivity contribution in [3.63, 3.8) is 0 Å². The lowest BCUT2D eigenvalue weighted by Crippen LogP contribution is -1.93. The van der Waals surface area contributed by atoms with Gasteiger partial charge in [-0.15, -0.1) is 0 Å². The minimum atomic E-state index is -0.951. The zero-order valence-electron chi connectivity index (χ0n) is 44.9. The number of benzene rings is 8. The number of hydrogen-bond acceptors (Lipinski definition) is 1.